The first-order valence-corrected chi connectivity index (χ1v) is 11.6. The Labute approximate surface area is 115 Å². The summed E-state index contributed by atoms with van der Waals surface area (Å²) >= 11 is 0. The highest BCUT2D eigenvalue weighted by molar-refractivity contribution is 6.81. The van der Waals surface area contributed by atoms with Crippen molar-refractivity contribution in [2.75, 3.05) is 6.54 Å². The van der Waals surface area contributed by atoms with Gasteiger partial charge in [0.25, 0.3) is 0 Å². The van der Waals surface area contributed by atoms with Crippen LogP contribution < -0.4 is 5.32 Å². The maximum atomic E-state index is 3.74. The number of hydrogen-bond donors (Lipinski definition) is 1. The van der Waals surface area contributed by atoms with Gasteiger partial charge in [-0.1, -0.05) is 69.9 Å². The minimum atomic E-state index is -1.05. The Morgan fingerprint density at radius 2 is 1.89 bits per heavy atom. The molecule has 106 valence electrons. The Balaban J connectivity index is 2.38. The fraction of sp³-hybridized carbons (Fsp3) is 0.875. The standard InChI is InChI=1S/C16H33NSi/c1-5-6-7-8-9-12-16-15(11-10-13-17-16)14-18(2,3)4/h14,16-17H,5-13H2,1-4H3/b15-14+. The van der Waals surface area contributed by atoms with E-state index in [0.717, 1.165) is 0 Å². The summed E-state index contributed by atoms with van der Waals surface area (Å²) in [6.07, 6.45) is 11.1. The fourth-order valence-electron chi connectivity index (χ4n) is 2.84. The summed E-state index contributed by atoms with van der Waals surface area (Å²) in [4.78, 5) is 0. The molecular formula is C16H33NSi. The predicted octanol–water partition coefficient (Wildman–Crippen LogP) is 4.90. The molecule has 0 aliphatic carbocycles. The van der Waals surface area contributed by atoms with Crippen molar-refractivity contribution in [3.8, 4) is 0 Å². The number of rotatable bonds is 7. The fourth-order valence-corrected chi connectivity index (χ4v) is 4.30. The van der Waals surface area contributed by atoms with Crippen LogP contribution >= 0.6 is 0 Å². The maximum absolute atomic E-state index is 3.74. The molecular weight excluding hydrogens is 234 g/mol. The predicted molar refractivity (Wildman–Crippen MR) is 85.8 cm³/mol. The van der Waals surface area contributed by atoms with Crippen molar-refractivity contribution in [3.05, 3.63) is 11.3 Å². The van der Waals surface area contributed by atoms with Crippen LogP contribution in [0.3, 0.4) is 0 Å². The third-order valence-electron chi connectivity index (χ3n) is 3.70. The molecule has 1 aliphatic rings. The molecule has 1 heterocycles. The monoisotopic (exact) mass is 267 g/mol. The van der Waals surface area contributed by atoms with Crippen LogP contribution in [0.1, 0.15) is 58.3 Å². The lowest BCUT2D eigenvalue weighted by atomic mass is 9.94. The second kappa shape index (κ2) is 8.16. The Kier molecular flexibility index (Phi) is 7.24. The zero-order valence-electron chi connectivity index (χ0n) is 13.0. The van der Waals surface area contributed by atoms with Crippen molar-refractivity contribution in [1.82, 2.24) is 5.32 Å². The van der Waals surface area contributed by atoms with Gasteiger partial charge in [-0.15, -0.1) is 0 Å². The third-order valence-corrected chi connectivity index (χ3v) is 4.93. The van der Waals surface area contributed by atoms with E-state index in [1.54, 1.807) is 5.57 Å². The van der Waals surface area contributed by atoms with Crippen molar-refractivity contribution < 1.29 is 0 Å². The van der Waals surface area contributed by atoms with E-state index in [9.17, 15) is 0 Å². The number of piperidine rings is 1. The Hall–Kier alpha value is -0.0831. The van der Waals surface area contributed by atoms with Crippen molar-refractivity contribution in [2.24, 2.45) is 0 Å². The largest absolute Gasteiger partial charge is 0.310 e. The molecule has 1 aliphatic heterocycles. The first-order chi connectivity index (χ1) is 8.53. The molecule has 0 aromatic carbocycles. The molecule has 1 atom stereocenters. The lowest BCUT2D eigenvalue weighted by Crippen LogP contribution is -2.37. The average Bonchev–Trinajstić information content (AvgIpc) is 2.29. The number of nitrogens with one attached hydrogen (secondary N) is 1. The Morgan fingerprint density at radius 3 is 2.56 bits per heavy atom. The van der Waals surface area contributed by atoms with Crippen LogP contribution in [0, 0.1) is 0 Å². The maximum Gasteiger partial charge on any atom is 0.0687 e. The van der Waals surface area contributed by atoms with Crippen molar-refractivity contribution in [3.63, 3.8) is 0 Å². The van der Waals surface area contributed by atoms with Crippen LogP contribution in [0.2, 0.25) is 19.6 Å². The van der Waals surface area contributed by atoms with E-state index in [2.05, 4.69) is 37.6 Å². The van der Waals surface area contributed by atoms with Gasteiger partial charge in [-0.2, -0.15) is 0 Å². The molecule has 0 aromatic rings. The molecule has 1 fully saturated rings. The molecule has 0 radical (unpaired) electrons. The topological polar surface area (TPSA) is 12.0 Å². The van der Waals surface area contributed by atoms with Gasteiger partial charge in [-0.05, 0) is 25.8 Å². The summed E-state index contributed by atoms with van der Waals surface area (Å²) in [5.74, 6) is 0. The molecule has 18 heavy (non-hydrogen) atoms. The summed E-state index contributed by atoms with van der Waals surface area (Å²) in [6.45, 7) is 10.9. The van der Waals surface area contributed by atoms with Gasteiger partial charge in [-0.3, -0.25) is 0 Å². The number of hydrogen-bond acceptors (Lipinski definition) is 1. The van der Waals surface area contributed by atoms with E-state index in [-0.39, 0.29) is 0 Å². The average molecular weight is 268 g/mol. The lowest BCUT2D eigenvalue weighted by Gasteiger charge is -2.29. The highest BCUT2D eigenvalue weighted by Gasteiger charge is 2.20. The molecule has 1 N–H and O–H groups in total. The molecule has 1 unspecified atom stereocenters. The van der Waals surface area contributed by atoms with Gasteiger partial charge in [-0.25, -0.2) is 0 Å². The van der Waals surface area contributed by atoms with Crippen LogP contribution in [-0.2, 0) is 0 Å². The summed E-state index contributed by atoms with van der Waals surface area (Å²) in [7, 11) is -1.05. The van der Waals surface area contributed by atoms with Crippen LogP contribution in [0.15, 0.2) is 11.3 Å². The molecule has 0 aromatic heterocycles. The second-order valence-corrected chi connectivity index (χ2v) is 11.9. The van der Waals surface area contributed by atoms with Crippen molar-refractivity contribution >= 4 is 8.07 Å². The second-order valence-electron chi connectivity index (χ2n) is 6.90. The molecule has 0 spiro atoms. The molecule has 0 bridgehead atoms. The minimum absolute atomic E-state index is 0.701. The summed E-state index contributed by atoms with van der Waals surface area (Å²) in [5.41, 5.74) is 4.38. The Morgan fingerprint density at radius 1 is 1.17 bits per heavy atom. The van der Waals surface area contributed by atoms with Crippen molar-refractivity contribution in [2.45, 2.75) is 84.0 Å². The molecule has 1 nitrogen and oxygen atoms in total. The zero-order valence-corrected chi connectivity index (χ0v) is 14.0. The molecule has 0 amide bonds. The minimum Gasteiger partial charge on any atom is -0.310 e. The van der Waals surface area contributed by atoms with Gasteiger partial charge in [0.1, 0.15) is 0 Å². The molecule has 1 rings (SSSR count). The van der Waals surface area contributed by atoms with Crippen molar-refractivity contribution in [1.29, 1.82) is 0 Å². The smallest absolute Gasteiger partial charge is 0.0687 e. The number of unbranched alkanes of at least 4 members (excludes halogenated alkanes) is 4. The summed E-state index contributed by atoms with van der Waals surface area (Å²) in [6, 6.07) is 0.701. The third kappa shape index (κ3) is 6.74. The van der Waals surface area contributed by atoms with E-state index in [0.29, 0.717) is 6.04 Å². The Bertz CT molecular complexity index is 252. The van der Waals surface area contributed by atoms with Crippen LogP contribution in [0.25, 0.3) is 0 Å². The molecule has 1 saturated heterocycles. The van der Waals surface area contributed by atoms with E-state index < -0.39 is 8.07 Å². The SMILES string of the molecule is CCCCCCCC1NCCC/C1=C\[Si](C)(C)C. The first kappa shape index (κ1) is 16.0. The van der Waals surface area contributed by atoms with Gasteiger partial charge < -0.3 is 5.32 Å². The molecule has 0 saturated carbocycles. The lowest BCUT2D eigenvalue weighted by molar-refractivity contribution is 0.446. The van der Waals surface area contributed by atoms with Gasteiger partial charge in [0.2, 0.25) is 0 Å². The van der Waals surface area contributed by atoms with Gasteiger partial charge >= 0.3 is 0 Å². The van der Waals surface area contributed by atoms with Gasteiger partial charge in [0, 0.05) is 6.04 Å². The van der Waals surface area contributed by atoms with Gasteiger partial charge in [0.15, 0.2) is 0 Å². The highest BCUT2D eigenvalue weighted by atomic mass is 28.3. The van der Waals surface area contributed by atoms with Crippen LogP contribution in [0.4, 0.5) is 0 Å². The van der Waals surface area contributed by atoms with Crippen LogP contribution in [-0.4, -0.2) is 20.7 Å². The summed E-state index contributed by atoms with van der Waals surface area (Å²) < 4.78 is 0. The van der Waals surface area contributed by atoms with E-state index in [1.165, 1.54) is 57.9 Å². The van der Waals surface area contributed by atoms with E-state index in [4.69, 9.17) is 0 Å². The normalized spacial score (nSPS) is 23.6. The molecule has 2 heteroatoms. The van der Waals surface area contributed by atoms with Gasteiger partial charge in [0.05, 0.1) is 8.07 Å². The van der Waals surface area contributed by atoms with E-state index in [1.807, 2.05) is 0 Å². The zero-order chi connectivity index (χ0) is 13.4. The quantitative estimate of drug-likeness (QED) is 0.511. The first-order valence-electron chi connectivity index (χ1n) is 7.98. The highest BCUT2D eigenvalue weighted by Crippen LogP contribution is 2.23. The van der Waals surface area contributed by atoms with E-state index >= 15 is 0 Å². The summed E-state index contributed by atoms with van der Waals surface area (Å²) in [5, 5.41) is 3.74. The van der Waals surface area contributed by atoms with Crippen LogP contribution in [0.5, 0.6) is 0 Å².